The molecule has 1 saturated heterocycles. The lowest BCUT2D eigenvalue weighted by molar-refractivity contribution is 0.0508. The van der Waals surface area contributed by atoms with E-state index in [9.17, 15) is 9.90 Å². The number of pyridine rings is 2. The predicted octanol–water partition coefficient (Wildman–Crippen LogP) is 0.690. The number of aromatic nitrogens is 2. The number of anilines is 1. The number of nitrogens with zero attached hydrogens (tertiary/aromatic N) is 4. The summed E-state index contributed by atoms with van der Waals surface area (Å²) in [6.45, 7) is 2.09. The van der Waals surface area contributed by atoms with Crippen LogP contribution >= 0.6 is 0 Å². The van der Waals surface area contributed by atoms with Crippen LogP contribution < -0.4 is 10.6 Å². The maximum absolute atomic E-state index is 11.3. The molecule has 1 aliphatic rings. The van der Waals surface area contributed by atoms with Gasteiger partial charge in [-0.05, 0) is 37.7 Å². The first-order valence-corrected chi connectivity index (χ1v) is 8.83. The number of piperidine rings is 1. The molecule has 1 fully saturated rings. The molecular weight excluding hydrogens is 330 g/mol. The van der Waals surface area contributed by atoms with Crippen molar-refractivity contribution in [2.24, 2.45) is 5.73 Å². The van der Waals surface area contributed by atoms with E-state index in [4.69, 9.17) is 5.73 Å². The van der Waals surface area contributed by atoms with Gasteiger partial charge in [-0.15, -0.1) is 0 Å². The fourth-order valence-corrected chi connectivity index (χ4v) is 3.39. The Morgan fingerprint density at radius 2 is 2.19 bits per heavy atom. The van der Waals surface area contributed by atoms with E-state index in [-0.39, 0.29) is 6.04 Å². The summed E-state index contributed by atoms with van der Waals surface area (Å²) >= 11 is 0. The van der Waals surface area contributed by atoms with Crippen molar-refractivity contribution in [3.8, 4) is 0 Å². The van der Waals surface area contributed by atoms with Crippen LogP contribution in [0.1, 0.15) is 22.5 Å². The fourth-order valence-electron chi connectivity index (χ4n) is 3.39. The number of nitrogens with two attached hydrogens (primary N) is 1. The van der Waals surface area contributed by atoms with Gasteiger partial charge in [0, 0.05) is 55.7 Å². The first kappa shape index (κ1) is 18.3. The van der Waals surface area contributed by atoms with Crippen LogP contribution in [-0.4, -0.2) is 64.7 Å². The van der Waals surface area contributed by atoms with E-state index in [1.165, 1.54) is 0 Å². The number of amides is 1. The van der Waals surface area contributed by atoms with E-state index in [0.717, 1.165) is 31.6 Å². The zero-order chi connectivity index (χ0) is 18.5. The van der Waals surface area contributed by atoms with Crippen molar-refractivity contribution >= 4 is 11.7 Å². The van der Waals surface area contributed by atoms with Gasteiger partial charge in [-0.3, -0.25) is 9.78 Å². The summed E-state index contributed by atoms with van der Waals surface area (Å²) in [5.41, 5.74) is 6.82. The number of aliphatic hydroxyl groups excluding tert-OH is 1. The molecule has 0 saturated carbocycles. The van der Waals surface area contributed by atoms with Crippen LogP contribution in [0, 0.1) is 0 Å². The third-order valence-corrected chi connectivity index (χ3v) is 4.91. The second-order valence-electron chi connectivity index (χ2n) is 6.69. The number of aliphatic hydroxyl groups is 1. The Morgan fingerprint density at radius 3 is 2.88 bits per heavy atom. The van der Waals surface area contributed by atoms with Crippen LogP contribution in [-0.2, 0) is 6.42 Å². The lowest BCUT2D eigenvalue weighted by atomic mass is 10.00. The van der Waals surface area contributed by atoms with Crippen LogP contribution in [0.25, 0.3) is 0 Å². The summed E-state index contributed by atoms with van der Waals surface area (Å²) in [4.78, 5) is 24.2. The minimum atomic E-state index is -0.489. The van der Waals surface area contributed by atoms with Gasteiger partial charge >= 0.3 is 0 Å². The van der Waals surface area contributed by atoms with E-state index >= 15 is 0 Å². The van der Waals surface area contributed by atoms with Gasteiger partial charge < -0.3 is 20.6 Å². The Balaban J connectivity index is 1.57. The number of β-amino-alcohol motifs (C(OH)–C–C–N with tert-alkyl or cyclic N) is 1. The first-order chi connectivity index (χ1) is 12.5. The number of hydrogen-bond donors (Lipinski definition) is 2. The molecule has 3 N–H and O–H groups in total. The highest BCUT2D eigenvalue weighted by molar-refractivity contribution is 5.93. The van der Waals surface area contributed by atoms with Crippen molar-refractivity contribution in [1.29, 1.82) is 0 Å². The number of hydrogen-bond acceptors (Lipinski definition) is 6. The minimum Gasteiger partial charge on any atom is -0.390 e. The Labute approximate surface area is 153 Å². The number of primary amides is 1. The van der Waals surface area contributed by atoms with Crippen LogP contribution in [0.4, 0.5) is 5.82 Å². The van der Waals surface area contributed by atoms with Crippen molar-refractivity contribution in [2.75, 3.05) is 31.6 Å². The fraction of sp³-hybridized carbons (Fsp3) is 0.421. The Bertz CT molecular complexity index is 740. The summed E-state index contributed by atoms with van der Waals surface area (Å²) in [6, 6.07) is 9.29. The van der Waals surface area contributed by atoms with E-state index in [1.807, 2.05) is 30.1 Å². The molecule has 0 radical (unpaired) electrons. The highest BCUT2D eigenvalue weighted by atomic mass is 16.3. The average Bonchev–Trinajstić information content (AvgIpc) is 2.67. The summed E-state index contributed by atoms with van der Waals surface area (Å²) in [5, 5.41) is 10.6. The zero-order valence-corrected chi connectivity index (χ0v) is 15.0. The van der Waals surface area contributed by atoms with Gasteiger partial charge in [-0.2, -0.15) is 0 Å². The van der Waals surface area contributed by atoms with Crippen LogP contribution in [0.2, 0.25) is 0 Å². The predicted molar refractivity (Wildman–Crippen MR) is 100.0 cm³/mol. The smallest absolute Gasteiger partial charge is 0.248 e. The molecule has 2 atom stereocenters. The maximum atomic E-state index is 11.3. The standard InChI is InChI=1S/C19H25N5O2/c1-23(10-6-15-4-2-3-8-21-15)16-7-11-24(13-17(16)25)18-12-14(19(20)26)5-9-22-18/h2-5,8-9,12,16-17,25H,6-7,10-11,13H2,1H3,(H2,20,26)/t16-,17-/m1/s1. The molecule has 0 bridgehead atoms. The molecule has 0 aliphatic carbocycles. The van der Waals surface area contributed by atoms with E-state index in [1.54, 1.807) is 24.5 Å². The van der Waals surface area contributed by atoms with E-state index in [2.05, 4.69) is 14.9 Å². The number of carbonyl (C=O) groups excluding carboxylic acids is 1. The van der Waals surface area contributed by atoms with Crippen molar-refractivity contribution in [2.45, 2.75) is 25.0 Å². The third kappa shape index (κ3) is 4.36. The second-order valence-corrected chi connectivity index (χ2v) is 6.69. The topological polar surface area (TPSA) is 95.6 Å². The molecule has 7 nitrogen and oxygen atoms in total. The van der Waals surface area contributed by atoms with E-state index in [0.29, 0.717) is 17.9 Å². The number of likely N-dealkylation sites (N-methyl/N-ethyl adjacent to an activating group) is 1. The monoisotopic (exact) mass is 355 g/mol. The summed E-state index contributed by atoms with van der Waals surface area (Å²) in [7, 11) is 2.04. The van der Waals surface area contributed by atoms with Crippen molar-refractivity contribution in [1.82, 2.24) is 14.9 Å². The molecule has 138 valence electrons. The lowest BCUT2D eigenvalue weighted by Gasteiger charge is -2.40. The van der Waals surface area contributed by atoms with Crippen LogP contribution in [0.3, 0.4) is 0 Å². The minimum absolute atomic E-state index is 0.0919. The molecule has 3 rings (SSSR count). The lowest BCUT2D eigenvalue weighted by Crippen LogP contribution is -2.53. The largest absolute Gasteiger partial charge is 0.390 e. The van der Waals surface area contributed by atoms with Crippen molar-refractivity contribution < 1.29 is 9.90 Å². The molecular formula is C19H25N5O2. The quantitative estimate of drug-likeness (QED) is 0.792. The Hall–Kier alpha value is -2.51. The second kappa shape index (κ2) is 8.25. The van der Waals surface area contributed by atoms with E-state index < -0.39 is 12.0 Å². The Kier molecular flexibility index (Phi) is 5.80. The highest BCUT2D eigenvalue weighted by Gasteiger charge is 2.31. The molecule has 1 amide bonds. The van der Waals surface area contributed by atoms with Gasteiger partial charge in [0.1, 0.15) is 5.82 Å². The number of carbonyl (C=O) groups is 1. The average molecular weight is 355 g/mol. The summed E-state index contributed by atoms with van der Waals surface area (Å²) in [5.74, 6) is 0.202. The van der Waals surface area contributed by atoms with Gasteiger partial charge in [-0.1, -0.05) is 6.07 Å². The molecule has 1 aliphatic heterocycles. The molecule has 0 spiro atoms. The Morgan fingerprint density at radius 1 is 1.35 bits per heavy atom. The summed E-state index contributed by atoms with van der Waals surface area (Å²) < 4.78 is 0. The SMILES string of the molecule is CN(CCc1ccccn1)[C@@H]1CCN(c2cc(C(N)=O)ccn2)C[C@H]1O. The first-order valence-electron chi connectivity index (χ1n) is 8.83. The van der Waals surface area contributed by atoms with Gasteiger partial charge in [0.2, 0.25) is 5.91 Å². The van der Waals surface area contributed by atoms with Crippen LogP contribution in [0.5, 0.6) is 0 Å². The summed E-state index contributed by atoms with van der Waals surface area (Å²) in [6.07, 6.45) is 4.56. The van der Waals surface area contributed by atoms with Crippen LogP contribution in [0.15, 0.2) is 42.7 Å². The molecule has 0 unspecified atom stereocenters. The molecule has 2 aromatic rings. The maximum Gasteiger partial charge on any atom is 0.248 e. The molecule has 7 heteroatoms. The van der Waals surface area contributed by atoms with Crippen molar-refractivity contribution in [3.05, 3.63) is 54.0 Å². The van der Waals surface area contributed by atoms with Gasteiger partial charge in [-0.25, -0.2) is 4.98 Å². The van der Waals surface area contributed by atoms with Gasteiger partial charge in [0.15, 0.2) is 0 Å². The normalized spacial score (nSPS) is 20.3. The van der Waals surface area contributed by atoms with Crippen molar-refractivity contribution in [3.63, 3.8) is 0 Å². The zero-order valence-electron chi connectivity index (χ0n) is 15.0. The third-order valence-electron chi connectivity index (χ3n) is 4.91. The van der Waals surface area contributed by atoms with Gasteiger partial charge in [0.25, 0.3) is 0 Å². The molecule has 3 heterocycles. The molecule has 26 heavy (non-hydrogen) atoms. The highest BCUT2D eigenvalue weighted by Crippen LogP contribution is 2.22. The molecule has 2 aromatic heterocycles. The van der Waals surface area contributed by atoms with Gasteiger partial charge in [0.05, 0.1) is 6.10 Å². The number of rotatable bonds is 6. The molecule has 0 aromatic carbocycles.